The van der Waals surface area contributed by atoms with Crippen molar-refractivity contribution in [2.24, 2.45) is 0 Å². The molecule has 0 aliphatic rings. The summed E-state index contributed by atoms with van der Waals surface area (Å²) in [6, 6.07) is 12.1. The van der Waals surface area contributed by atoms with Gasteiger partial charge < -0.3 is 20.1 Å². The van der Waals surface area contributed by atoms with Crippen LogP contribution in [0.1, 0.15) is 0 Å². The van der Waals surface area contributed by atoms with Crippen molar-refractivity contribution in [2.75, 3.05) is 19.0 Å². The summed E-state index contributed by atoms with van der Waals surface area (Å²) in [6.45, 7) is -0.747. The number of esters is 1. The van der Waals surface area contributed by atoms with Crippen LogP contribution < -0.4 is 15.4 Å². The molecule has 1 aromatic carbocycles. The molecule has 2 N–H and O–H groups in total. The number of benzene rings is 1. The van der Waals surface area contributed by atoms with Crippen molar-refractivity contribution in [1.82, 2.24) is 10.3 Å². The number of methoxy groups -OCH3 is 1. The van der Waals surface area contributed by atoms with Crippen LogP contribution in [0.2, 0.25) is 0 Å². The van der Waals surface area contributed by atoms with Crippen molar-refractivity contribution in [1.29, 1.82) is 0 Å². The van der Waals surface area contributed by atoms with Gasteiger partial charge in [0.15, 0.2) is 6.61 Å². The molecule has 144 valence electrons. The van der Waals surface area contributed by atoms with Crippen LogP contribution >= 0.6 is 0 Å². The summed E-state index contributed by atoms with van der Waals surface area (Å²) in [4.78, 5) is 27.8. The Labute approximate surface area is 152 Å². The molecule has 0 spiro atoms. The summed E-state index contributed by atoms with van der Waals surface area (Å²) in [5.74, 6) is -2.95. The molecule has 7 nitrogen and oxygen atoms in total. The van der Waals surface area contributed by atoms with Crippen molar-refractivity contribution in [3.8, 4) is 5.75 Å². The van der Waals surface area contributed by atoms with E-state index < -0.39 is 30.3 Å². The molecule has 0 radical (unpaired) electrons. The van der Waals surface area contributed by atoms with E-state index in [4.69, 9.17) is 4.74 Å². The van der Waals surface area contributed by atoms with Gasteiger partial charge in [-0.1, -0.05) is 24.3 Å². The Hall–Kier alpha value is -3.30. The fraction of sp³-hybridized carbons (Fsp3) is 0.235. The van der Waals surface area contributed by atoms with E-state index >= 15 is 0 Å². The number of hydrogen-bond acceptors (Lipinski definition) is 6. The van der Waals surface area contributed by atoms with Gasteiger partial charge in [-0.3, -0.25) is 4.79 Å². The van der Waals surface area contributed by atoms with Gasteiger partial charge >= 0.3 is 17.8 Å². The minimum atomic E-state index is -5.24. The summed E-state index contributed by atoms with van der Waals surface area (Å²) < 4.78 is 50.7. The lowest BCUT2D eigenvalue weighted by atomic mass is 10.1. The number of halogens is 3. The monoisotopic (exact) mass is 383 g/mol. The average molecular weight is 383 g/mol. The Morgan fingerprint density at radius 2 is 1.74 bits per heavy atom. The van der Waals surface area contributed by atoms with E-state index in [-0.39, 0.29) is 11.6 Å². The number of nitrogens with zero attached hydrogens (tertiary/aromatic N) is 1. The molecular weight excluding hydrogens is 367 g/mol. The number of pyridine rings is 1. The van der Waals surface area contributed by atoms with Crippen molar-refractivity contribution in [3.63, 3.8) is 0 Å². The van der Waals surface area contributed by atoms with E-state index in [1.54, 1.807) is 23.5 Å². The summed E-state index contributed by atoms with van der Waals surface area (Å²) in [5.41, 5.74) is -3.53. The Bertz CT molecular complexity index is 772. The molecule has 27 heavy (non-hydrogen) atoms. The molecule has 0 aliphatic carbocycles. The lowest BCUT2D eigenvalue weighted by Crippen LogP contribution is -2.69. The number of aromatic nitrogens is 1. The van der Waals surface area contributed by atoms with Crippen LogP contribution in [0.25, 0.3) is 0 Å². The van der Waals surface area contributed by atoms with Gasteiger partial charge in [0.05, 0.1) is 7.11 Å². The summed E-state index contributed by atoms with van der Waals surface area (Å²) >= 11 is 0. The zero-order valence-corrected chi connectivity index (χ0v) is 14.1. The Morgan fingerprint density at radius 3 is 2.30 bits per heavy atom. The third kappa shape index (κ3) is 4.87. The van der Waals surface area contributed by atoms with Crippen LogP contribution in [0.15, 0.2) is 54.7 Å². The number of carbonyl (C=O) groups is 2. The molecule has 2 rings (SSSR count). The molecule has 1 aromatic heterocycles. The number of rotatable bonds is 7. The number of alkyl halides is 3. The fourth-order valence-electron chi connectivity index (χ4n) is 2.08. The zero-order chi connectivity index (χ0) is 19.9. The normalized spacial score (nSPS) is 13.2. The predicted octanol–water partition coefficient (Wildman–Crippen LogP) is 2.12. The van der Waals surface area contributed by atoms with E-state index in [9.17, 15) is 22.8 Å². The number of hydrogen-bond donors (Lipinski definition) is 2. The van der Waals surface area contributed by atoms with Crippen molar-refractivity contribution in [3.05, 3.63) is 54.7 Å². The Morgan fingerprint density at radius 1 is 1.07 bits per heavy atom. The molecule has 1 atom stereocenters. The molecule has 0 fully saturated rings. The standard InChI is InChI=1S/C17H16F3N3O4/c1-26-15(25)16(17(18,19)20,22-13-9-5-6-10-21-13)23-14(24)11-27-12-7-3-2-4-8-12/h2-10H,11H2,1H3,(H,21,22)(H,23,24)/t16-/m0/s1. The van der Waals surface area contributed by atoms with E-state index in [1.807, 2.05) is 5.32 Å². The summed E-state index contributed by atoms with van der Waals surface area (Å²) in [5, 5.41) is 3.54. The molecule has 0 saturated carbocycles. The topological polar surface area (TPSA) is 89.5 Å². The molecule has 1 amide bonds. The highest BCUT2D eigenvalue weighted by atomic mass is 19.4. The summed E-state index contributed by atoms with van der Waals surface area (Å²) in [7, 11) is 0.773. The maximum absolute atomic E-state index is 13.8. The van der Waals surface area contributed by atoms with Crippen LogP contribution in [0, 0.1) is 0 Å². The van der Waals surface area contributed by atoms with Crippen molar-refractivity contribution < 1.29 is 32.2 Å². The number of anilines is 1. The second-order valence-corrected chi connectivity index (χ2v) is 5.23. The molecule has 0 bridgehead atoms. The van der Waals surface area contributed by atoms with Gasteiger partial charge in [0.25, 0.3) is 5.91 Å². The SMILES string of the molecule is COC(=O)[C@@](NC(=O)COc1ccccc1)(Nc1ccccn1)C(F)(F)F. The van der Waals surface area contributed by atoms with Crippen LogP contribution in [-0.4, -0.2) is 42.4 Å². The number of para-hydroxylation sites is 1. The second-order valence-electron chi connectivity index (χ2n) is 5.23. The van der Waals surface area contributed by atoms with E-state index in [0.717, 1.165) is 7.11 Å². The van der Waals surface area contributed by atoms with Gasteiger partial charge in [-0.05, 0) is 24.3 Å². The van der Waals surface area contributed by atoms with Gasteiger partial charge in [-0.25, -0.2) is 9.78 Å². The Kier molecular flexibility index (Phi) is 6.22. The van der Waals surface area contributed by atoms with Gasteiger partial charge in [0, 0.05) is 6.20 Å². The molecule has 10 heteroatoms. The predicted molar refractivity (Wildman–Crippen MR) is 88.7 cm³/mol. The lowest BCUT2D eigenvalue weighted by molar-refractivity contribution is -0.206. The highest BCUT2D eigenvalue weighted by molar-refractivity contribution is 5.91. The van der Waals surface area contributed by atoms with Gasteiger partial charge in [0.1, 0.15) is 11.6 Å². The molecule has 0 unspecified atom stereocenters. The molecule has 0 saturated heterocycles. The first-order chi connectivity index (χ1) is 12.8. The molecule has 1 heterocycles. The van der Waals surface area contributed by atoms with Gasteiger partial charge in [0.2, 0.25) is 0 Å². The van der Waals surface area contributed by atoms with E-state index in [0.29, 0.717) is 0 Å². The third-order valence-electron chi connectivity index (χ3n) is 3.34. The number of carbonyl (C=O) groups excluding carboxylic acids is 2. The lowest BCUT2D eigenvalue weighted by Gasteiger charge is -2.34. The number of ether oxygens (including phenoxy) is 2. The van der Waals surface area contributed by atoms with E-state index in [2.05, 4.69) is 9.72 Å². The van der Waals surface area contributed by atoms with Crippen molar-refractivity contribution >= 4 is 17.7 Å². The highest BCUT2D eigenvalue weighted by Crippen LogP contribution is 2.32. The van der Waals surface area contributed by atoms with Crippen LogP contribution in [-0.2, 0) is 14.3 Å². The third-order valence-corrected chi connectivity index (χ3v) is 3.34. The van der Waals surface area contributed by atoms with E-state index in [1.165, 1.54) is 36.5 Å². The van der Waals surface area contributed by atoms with Crippen molar-refractivity contribution in [2.45, 2.75) is 11.8 Å². The smallest absolute Gasteiger partial charge is 0.441 e. The zero-order valence-electron chi connectivity index (χ0n) is 14.1. The minimum Gasteiger partial charge on any atom is -0.484 e. The second kappa shape index (κ2) is 8.39. The fourth-order valence-corrected chi connectivity index (χ4v) is 2.08. The van der Waals surface area contributed by atoms with Crippen LogP contribution in [0.4, 0.5) is 19.0 Å². The largest absolute Gasteiger partial charge is 0.484 e. The number of amides is 1. The molecule has 2 aromatic rings. The van der Waals surface area contributed by atoms with Gasteiger partial charge in [-0.2, -0.15) is 13.2 Å². The Balaban J connectivity index is 2.25. The van der Waals surface area contributed by atoms with Crippen LogP contribution in [0.5, 0.6) is 5.75 Å². The maximum Gasteiger partial charge on any atom is 0.441 e. The minimum absolute atomic E-state index is 0.279. The van der Waals surface area contributed by atoms with Crippen LogP contribution in [0.3, 0.4) is 0 Å². The summed E-state index contributed by atoms with van der Waals surface area (Å²) in [6.07, 6.45) is -4.01. The quantitative estimate of drug-likeness (QED) is 0.562. The first kappa shape index (κ1) is 20.0. The maximum atomic E-state index is 13.8. The first-order valence-electron chi connectivity index (χ1n) is 7.62. The first-order valence-corrected chi connectivity index (χ1v) is 7.62. The highest BCUT2D eigenvalue weighted by Gasteiger charge is 2.63. The average Bonchev–Trinajstić information content (AvgIpc) is 2.66. The molecule has 0 aliphatic heterocycles. The molecular formula is C17H16F3N3O4. The van der Waals surface area contributed by atoms with Gasteiger partial charge in [-0.15, -0.1) is 0 Å². The number of nitrogens with one attached hydrogen (secondary N) is 2.